The van der Waals surface area contributed by atoms with Gasteiger partial charge in [0.05, 0.1) is 16.7 Å². The van der Waals surface area contributed by atoms with Gasteiger partial charge in [-0.3, -0.25) is 4.68 Å². The van der Waals surface area contributed by atoms with Gasteiger partial charge in [-0.15, -0.1) is 0 Å². The number of aromatic nitrogens is 2. The molecule has 0 unspecified atom stereocenters. The molecule has 3 aromatic rings. The van der Waals surface area contributed by atoms with E-state index in [0.29, 0.717) is 11.8 Å². The highest BCUT2D eigenvalue weighted by atomic mass is 32.2. The molecule has 0 fully saturated rings. The summed E-state index contributed by atoms with van der Waals surface area (Å²) in [5.74, 6) is 0.459. The molecule has 3 rings (SSSR count). The van der Waals surface area contributed by atoms with E-state index in [1.807, 2.05) is 0 Å². The number of sulfonamides is 1. The lowest BCUT2D eigenvalue weighted by Crippen LogP contribution is -2.31. The van der Waals surface area contributed by atoms with Gasteiger partial charge in [-0.1, -0.05) is 6.07 Å². The molecule has 0 aliphatic rings. The van der Waals surface area contributed by atoms with Crippen LogP contribution in [0, 0.1) is 0 Å². The van der Waals surface area contributed by atoms with E-state index in [-0.39, 0.29) is 6.54 Å². The maximum atomic E-state index is 12.8. The zero-order chi connectivity index (χ0) is 18.8. The van der Waals surface area contributed by atoms with E-state index in [2.05, 4.69) is 9.82 Å². The summed E-state index contributed by atoms with van der Waals surface area (Å²) >= 11 is 0. The molecule has 1 aromatic carbocycles. The SMILES string of the molecule is O=S(=O)(NC[C@@H](c1ccco1)n1cccn1)c1cccc(C(F)(F)F)c1. The second-order valence-corrected chi connectivity index (χ2v) is 7.16. The second-order valence-electron chi connectivity index (χ2n) is 5.39. The molecule has 1 atom stereocenters. The van der Waals surface area contributed by atoms with Gasteiger partial charge in [0.15, 0.2) is 0 Å². The molecule has 2 aromatic heterocycles. The van der Waals surface area contributed by atoms with Gasteiger partial charge >= 0.3 is 6.18 Å². The highest BCUT2D eigenvalue weighted by Gasteiger charge is 2.32. The Hall–Kier alpha value is -2.59. The first-order valence-corrected chi connectivity index (χ1v) is 8.95. The third kappa shape index (κ3) is 3.97. The summed E-state index contributed by atoms with van der Waals surface area (Å²) in [6, 6.07) is 7.95. The Kier molecular flexibility index (Phi) is 4.88. The lowest BCUT2D eigenvalue weighted by atomic mass is 10.2. The van der Waals surface area contributed by atoms with E-state index in [0.717, 1.165) is 18.2 Å². The maximum absolute atomic E-state index is 12.8. The van der Waals surface area contributed by atoms with Crippen molar-refractivity contribution in [3.63, 3.8) is 0 Å². The molecule has 0 saturated carbocycles. The standard InChI is InChI=1S/C16H14F3N3O3S/c17-16(18,19)12-4-1-5-13(10-12)26(23,24)21-11-14(15-6-2-9-25-15)22-8-3-7-20-22/h1-10,14,21H,11H2/t14-/m0/s1. The predicted octanol–water partition coefficient (Wildman–Crippen LogP) is 3.06. The van der Waals surface area contributed by atoms with Crippen LogP contribution >= 0.6 is 0 Å². The van der Waals surface area contributed by atoms with Crippen molar-refractivity contribution in [2.75, 3.05) is 6.54 Å². The Bertz CT molecular complexity index is 918. The van der Waals surface area contributed by atoms with E-state index in [9.17, 15) is 21.6 Å². The summed E-state index contributed by atoms with van der Waals surface area (Å²) in [6.07, 6.45) is -0.0343. The molecular formula is C16H14F3N3O3S. The predicted molar refractivity (Wildman–Crippen MR) is 85.7 cm³/mol. The van der Waals surface area contributed by atoms with Crippen LogP contribution in [0.2, 0.25) is 0 Å². The minimum absolute atomic E-state index is 0.145. The largest absolute Gasteiger partial charge is 0.467 e. The number of benzene rings is 1. The number of rotatable bonds is 6. The smallest absolute Gasteiger partial charge is 0.416 e. The van der Waals surface area contributed by atoms with Crippen LogP contribution in [0.4, 0.5) is 13.2 Å². The molecule has 0 aliphatic carbocycles. The van der Waals surface area contributed by atoms with Gasteiger partial charge in [0.1, 0.15) is 11.8 Å². The van der Waals surface area contributed by atoms with Crippen LogP contribution in [0.5, 0.6) is 0 Å². The molecule has 0 spiro atoms. The first kappa shape index (κ1) is 18.2. The van der Waals surface area contributed by atoms with E-state index < -0.39 is 32.7 Å². The average Bonchev–Trinajstić information content (AvgIpc) is 3.28. The highest BCUT2D eigenvalue weighted by molar-refractivity contribution is 7.89. The van der Waals surface area contributed by atoms with Gasteiger partial charge in [0, 0.05) is 18.9 Å². The van der Waals surface area contributed by atoms with Crippen molar-refractivity contribution >= 4 is 10.0 Å². The third-order valence-corrected chi connectivity index (χ3v) is 5.08. The number of halogens is 3. The number of nitrogens with one attached hydrogen (secondary N) is 1. The average molecular weight is 385 g/mol. The quantitative estimate of drug-likeness (QED) is 0.708. The second kappa shape index (κ2) is 6.96. The summed E-state index contributed by atoms with van der Waals surface area (Å²) in [4.78, 5) is -0.467. The van der Waals surface area contributed by atoms with E-state index in [1.165, 1.54) is 17.1 Å². The number of nitrogens with zero attached hydrogens (tertiary/aromatic N) is 2. The Morgan fingerprint density at radius 3 is 2.62 bits per heavy atom. The molecule has 0 aliphatic heterocycles. The van der Waals surface area contributed by atoms with Crippen LogP contribution < -0.4 is 4.72 Å². The fraction of sp³-hybridized carbons (Fsp3) is 0.188. The molecule has 26 heavy (non-hydrogen) atoms. The number of hydrogen-bond donors (Lipinski definition) is 1. The van der Waals surface area contributed by atoms with Crippen molar-refractivity contribution in [2.24, 2.45) is 0 Å². The fourth-order valence-electron chi connectivity index (χ4n) is 2.38. The first-order valence-electron chi connectivity index (χ1n) is 7.47. The van der Waals surface area contributed by atoms with Gasteiger partial charge < -0.3 is 4.42 Å². The van der Waals surface area contributed by atoms with Crippen LogP contribution in [-0.2, 0) is 16.2 Å². The summed E-state index contributed by atoms with van der Waals surface area (Å²) in [5.41, 5.74) is -1.03. The molecule has 10 heteroatoms. The Balaban J connectivity index is 1.83. The van der Waals surface area contributed by atoms with Gasteiger partial charge in [0.25, 0.3) is 0 Å². The summed E-state index contributed by atoms with van der Waals surface area (Å²) in [7, 11) is -4.15. The number of furan rings is 1. The van der Waals surface area contributed by atoms with Crippen LogP contribution in [0.15, 0.2) is 70.4 Å². The van der Waals surface area contributed by atoms with Crippen molar-refractivity contribution in [2.45, 2.75) is 17.1 Å². The minimum atomic E-state index is -4.63. The molecule has 0 amide bonds. The lowest BCUT2D eigenvalue weighted by Gasteiger charge is -2.17. The third-order valence-electron chi connectivity index (χ3n) is 3.65. The molecule has 1 N–H and O–H groups in total. The molecule has 0 radical (unpaired) electrons. The Morgan fingerprint density at radius 2 is 2.00 bits per heavy atom. The summed E-state index contributed by atoms with van der Waals surface area (Å²) in [5, 5.41) is 4.07. The molecule has 6 nitrogen and oxygen atoms in total. The fourth-order valence-corrected chi connectivity index (χ4v) is 3.47. The summed E-state index contributed by atoms with van der Waals surface area (Å²) < 4.78 is 72.4. The van der Waals surface area contributed by atoms with Gasteiger partial charge in [-0.2, -0.15) is 18.3 Å². The maximum Gasteiger partial charge on any atom is 0.416 e. The van der Waals surface area contributed by atoms with Crippen molar-refractivity contribution < 1.29 is 26.0 Å². The van der Waals surface area contributed by atoms with Crippen LogP contribution in [0.1, 0.15) is 17.4 Å². The number of alkyl halides is 3. The van der Waals surface area contributed by atoms with Crippen molar-refractivity contribution in [3.05, 3.63) is 72.4 Å². The molecular weight excluding hydrogens is 371 g/mol. The Morgan fingerprint density at radius 1 is 1.19 bits per heavy atom. The molecule has 138 valence electrons. The van der Waals surface area contributed by atoms with Crippen molar-refractivity contribution in [1.29, 1.82) is 0 Å². The van der Waals surface area contributed by atoms with E-state index in [4.69, 9.17) is 4.42 Å². The lowest BCUT2D eigenvalue weighted by molar-refractivity contribution is -0.137. The minimum Gasteiger partial charge on any atom is -0.467 e. The monoisotopic (exact) mass is 385 g/mol. The zero-order valence-corrected chi connectivity index (χ0v) is 14.0. The molecule has 0 saturated heterocycles. The Labute approximate surface area is 147 Å². The topological polar surface area (TPSA) is 77.1 Å². The van der Waals surface area contributed by atoms with Crippen LogP contribution in [-0.4, -0.2) is 24.7 Å². The summed E-state index contributed by atoms with van der Waals surface area (Å²) in [6.45, 7) is -0.145. The van der Waals surface area contributed by atoms with Crippen molar-refractivity contribution in [1.82, 2.24) is 14.5 Å². The van der Waals surface area contributed by atoms with Gasteiger partial charge in [0.2, 0.25) is 10.0 Å². The van der Waals surface area contributed by atoms with E-state index in [1.54, 1.807) is 24.4 Å². The number of hydrogen-bond acceptors (Lipinski definition) is 4. The normalized spacial score (nSPS) is 13.7. The van der Waals surface area contributed by atoms with Crippen LogP contribution in [0.3, 0.4) is 0 Å². The highest BCUT2D eigenvalue weighted by Crippen LogP contribution is 2.30. The van der Waals surface area contributed by atoms with E-state index >= 15 is 0 Å². The zero-order valence-electron chi connectivity index (χ0n) is 13.2. The van der Waals surface area contributed by atoms with Crippen LogP contribution in [0.25, 0.3) is 0 Å². The molecule has 2 heterocycles. The van der Waals surface area contributed by atoms with Gasteiger partial charge in [-0.05, 0) is 36.4 Å². The van der Waals surface area contributed by atoms with Crippen molar-refractivity contribution in [3.8, 4) is 0 Å². The van der Waals surface area contributed by atoms with Gasteiger partial charge in [-0.25, -0.2) is 13.1 Å². The first-order chi connectivity index (χ1) is 12.3. The molecule has 0 bridgehead atoms.